The lowest BCUT2D eigenvalue weighted by Gasteiger charge is -2.33. The SMILES string of the molecule is COc1ccc(CCNC(=O)[C@@H]2CN(C)[C@H]3c4cc(F)ccc4OC[C@@H]23)cc1OC. The van der Waals surface area contributed by atoms with Gasteiger partial charge in [-0.1, -0.05) is 6.07 Å². The molecule has 0 spiro atoms. The van der Waals surface area contributed by atoms with Gasteiger partial charge >= 0.3 is 0 Å². The number of rotatable bonds is 6. The summed E-state index contributed by atoms with van der Waals surface area (Å²) in [5, 5.41) is 3.06. The molecule has 1 fully saturated rings. The second-order valence-electron chi connectivity index (χ2n) is 7.88. The fourth-order valence-corrected chi connectivity index (χ4v) is 4.62. The average molecular weight is 414 g/mol. The molecule has 1 N–H and O–H groups in total. The number of methoxy groups -OCH3 is 2. The number of amides is 1. The van der Waals surface area contributed by atoms with Crippen LogP contribution in [0.3, 0.4) is 0 Å². The molecule has 2 aromatic rings. The summed E-state index contributed by atoms with van der Waals surface area (Å²) in [5.41, 5.74) is 1.88. The molecule has 7 heteroatoms. The number of hydrogen-bond acceptors (Lipinski definition) is 5. The maximum atomic E-state index is 13.8. The van der Waals surface area contributed by atoms with Gasteiger partial charge in [0.1, 0.15) is 11.6 Å². The summed E-state index contributed by atoms with van der Waals surface area (Å²) in [7, 11) is 5.19. The van der Waals surface area contributed by atoms with E-state index >= 15 is 0 Å². The lowest BCUT2D eigenvalue weighted by molar-refractivity contribution is -0.126. The zero-order chi connectivity index (χ0) is 21.3. The number of halogens is 1. The van der Waals surface area contributed by atoms with E-state index in [1.807, 2.05) is 25.2 Å². The van der Waals surface area contributed by atoms with Crippen LogP contribution in [-0.2, 0) is 11.2 Å². The highest BCUT2D eigenvalue weighted by Crippen LogP contribution is 2.46. The molecule has 2 aliphatic rings. The van der Waals surface area contributed by atoms with Crippen LogP contribution >= 0.6 is 0 Å². The minimum atomic E-state index is -0.283. The van der Waals surface area contributed by atoms with Crippen molar-refractivity contribution in [2.45, 2.75) is 12.5 Å². The molecular formula is C23H27FN2O4. The molecular weight excluding hydrogens is 387 g/mol. The number of ether oxygens (including phenoxy) is 3. The summed E-state index contributed by atoms with van der Waals surface area (Å²) in [6, 6.07) is 10.4. The van der Waals surface area contributed by atoms with Crippen LogP contribution in [0.1, 0.15) is 17.2 Å². The Kier molecular flexibility index (Phi) is 5.81. The Bertz CT molecular complexity index is 935. The van der Waals surface area contributed by atoms with E-state index in [1.165, 1.54) is 12.1 Å². The number of benzene rings is 2. The first-order valence-electron chi connectivity index (χ1n) is 10.1. The van der Waals surface area contributed by atoms with Crippen molar-refractivity contribution in [2.75, 3.05) is 41.0 Å². The highest BCUT2D eigenvalue weighted by Gasteiger charge is 2.47. The second-order valence-corrected chi connectivity index (χ2v) is 7.88. The fraction of sp³-hybridized carbons (Fsp3) is 0.435. The van der Waals surface area contributed by atoms with Crippen LogP contribution in [0, 0.1) is 17.7 Å². The molecule has 0 aromatic heterocycles. The van der Waals surface area contributed by atoms with Crippen molar-refractivity contribution < 1.29 is 23.4 Å². The third-order valence-corrected chi connectivity index (χ3v) is 6.10. The molecule has 3 atom stereocenters. The van der Waals surface area contributed by atoms with Gasteiger partial charge in [0.15, 0.2) is 11.5 Å². The summed E-state index contributed by atoms with van der Waals surface area (Å²) in [5.74, 6) is 1.60. The van der Waals surface area contributed by atoms with E-state index < -0.39 is 0 Å². The van der Waals surface area contributed by atoms with Crippen LogP contribution < -0.4 is 19.5 Å². The van der Waals surface area contributed by atoms with Gasteiger partial charge in [0.25, 0.3) is 0 Å². The third kappa shape index (κ3) is 3.81. The lowest BCUT2D eigenvalue weighted by Crippen LogP contribution is -2.38. The fourth-order valence-electron chi connectivity index (χ4n) is 4.62. The van der Waals surface area contributed by atoms with Crippen molar-refractivity contribution in [1.29, 1.82) is 0 Å². The average Bonchev–Trinajstić information content (AvgIpc) is 3.10. The van der Waals surface area contributed by atoms with Gasteiger partial charge in [-0.3, -0.25) is 9.69 Å². The molecule has 2 heterocycles. The van der Waals surface area contributed by atoms with Crippen LogP contribution in [0.25, 0.3) is 0 Å². The molecule has 2 aliphatic heterocycles. The molecule has 0 aliphatic carbocycles. The van der Waals surface area contributed by atoms with Gasteiger partial charge in [0.2, 0.25) is 5.91 Å². The monoisotopic (exact) mass is 414 g/mol. The van der Waals surface area contributed by atoms with Crippen LogP contribution in [0.15, 0.2) is 36.4 Å². The van der Waals surface area contributed by atoms with Crippen LogP contribution in [0.4, 0.5) is 4.39 Å². The Labute approximate surface area is 175 Å². The Morgan fingerprint density at radius 3 is 2.77 bits per heavy atom. The number of fused-ring (bicyclic) bond motifs is 3. The number of nitrogens with one attached hydrogen (secondary N) is 1. The van der Waals surface area contributed by atoms with Crippen molar-refractivity contribution in [3.05, 3.63) is 53.3 Å². The van der Waals surface area contributed by atoms with Gasteiger partial charge in [-0.25, -0.2) is 4.39 Å². The zero-order valence-electron chi connectivity index (χ0n) is 17.5. The van der Waals surface area contributed by atoms with Gasteiger partial charge in [-0.2, -0.15) is 0 Å². The Balaban J connectivity index is 1.39. The van der Waals surface area contributed by atoms with Crippen molar-refractivity contribution >= 4 is 5.91 Å². The van der Waals surface area contributed by atoms with Gasteiger partial charge in [0, 0.05) is 30.6 Å². The number of likely N-dealkylation sites (tertiary alicyclic amines) is 1. The van der Waals surface area contributed by atoms with E-state index in [0.717, 1.165) is 11.1 Å². The maximum Gasteiger partial charge on any atom is 0.224 e. The summed E-state index contributed by atoms with van der Waals surface area (Å²) in [6.07, 6.45) is 0.688. The predicted molar refractivity (Wildman–Crippen MR) is 111 cm³/mol. The second kappa shape index (κ2) is 8.52. The topological polar surface area (TPSA) is 60.0 Å². The Morgan fingerprint density at radius 1 is 1.20 bits per heavy atom. The van der Waals surface area contributed by atoms with Gasteiger partial charge < -0.3 is 19.5 Å². The third-order valence-electron chi connectivity index (χ3n) is 6.10. The summed E-state index contributed by atoms with van der Waals surface area (Å²) >= 11 is 0. The molecule has 0 saturated carbocycles. The molecule has 160 valence electrons. The summed E-state index contributed by atoms with van der Waals surface area (Å²) in [4.78, 5) is 15.1. The van der Waals surface area contributed by atoms with Gasteiger partial charge in [-0.15, -0.1) is 0 Å². The first-order chi connectivity index (χ1) is 14.5. The summed E-state index contributed by atoms with van der Waals surface area (Å²) < 4.78 is 30.2. The highest BCUT2D eigenvalue weighted by atomic mass is 19.1. The number of hydrogen-bond donors (Lipinski definition) is 1. The highest BCUT2D eigenvalue weighted by molar-refractivity contribution is 5.80. The lowest BCUT2D eigenvalue weighted by atomic mass is 9.85. The molecule has 0 radical (unpaired) electrons. The van der Waals surface area contributed by atoms with Gasteiger partial charge in [-0.05, 0) is 49.4 Å². The van der Waals surface area contributed by atoms with E-state index in [9.17, 15) is 9.18 Å². The maximum absolute atomic E-state index is 13.8. The number of carbonyl (C=O) groups is 1. The van der Waals surface area contributed by atoms with Gasteiger partial charge in [0.05, 0.1) is 26.7 Å². The van der Waals surface area contributed by atoms with E-state index in [4.69, 9.17) is 14.2 Å². The first-order valence-corrected chi connectivity index (χ1v) is 10.1. The molecule has 6 nitrogen and oxygen atoms in total. The minimum Gasteiger partial charge on any atom is -0.493 e. The van der Waals surface area contributed by atoms with Crippen LogP contribution in [0.2, 0.25) is 0 Å². The summed E-state index contributed by atoms with van der Waals surface area (Å²) in [6.45, 7) is 1.61. The smallest absolute Gasteiger partial charge is 0.224 e. The zero-order valence-corrected chi connectivity index (χ0v) is 17.5. The molecule has 0 bridgehead atoms. The number of nitrogens with zero attached hydrogens (tertiary/aromatic N) is 1. The molecule has 2 aromatic carbocycles. The van der Waals surface area contributed by atoms with Crippen molar-refractivity contribution in [1.82, 2.24) is 10.2 Å². The van der Waals surface area contributed by atoms with E-state index in [1.54, 1.807) is 20.3 Å². The number of carbonyl (C=O) groups excluding carboxylic acids is 1. The molecule has 0 unspecified atom stereocenters. The van der Waals surface area contributed by atoms with E-state index in [-0.39, 0.29) is 29.6 Å². The molecule has 4 rings (SSSR count). The van der Waals surface area contributed by atoms with Crippen molar-refractivity contribution in [2.24, 2.45) is 11.8 Å². The molecule has 30 heavy (non-hydrogen) atoms. The van der Waals surface area contributed by atoms with E-state index in [2.05, 4.69) is 10.2 Å². The van der Waals surface area contributed by atoms with Crippen LogP contribution in [-0.4, -0.2) is 51.8 Å². The first kappa shape index (κ1) is 20.5. The standard InChI is InChI=1S/C23H27FN2O4/c1-26-12-17(18-13-30-19-7-5-15(24)11-16(19)22(18)26)23(27)25-9-8-14-4-6-20(28-2)21(10-14)29-3/h4-7,10-11,17-18,22H,8-9,12-13H2,1-3H3,(H,25,27)/t17-,18+,22+/m1/s1. The van der Waals surface area contributed by atoms with Crippen molar-refractivity contribution in [3.63, 3.8) is 0 Å². The van der Waals surface area contributed by atoms with Crippen LogP contribution in [0.5, 0.6) is 17.2 Å². The molecule has 1 saturated heterocycles. The molecule has 1 amide bonds. The predicted octanol–water partition coefficient (Wildman–Crippen LogP) is 2.81. The quantitative estimate of drug-likeness (QED) is 0.788. The Morgan fingerprint density at radius 2 is 2.00 bits per heavy atom. The normalized spacial score (nSPS) is 22.6. The van der Waals surface area contributed by atoms with E-state index in [0.29, 0.717) is 43.4 Å². The van der Waals surface area contributed by atoms with Crippen molar-refractivity contribution in [3.8, 4) is 17.2 Å². The minimum absolute atomic E-state index is 0.00498. The largest absolute Gasteiger partial charge is 0.493 e. The Hall–Kier alpha value is -2.80.